The van der Waals surface area contributed by atoms with E-state index in [1.54, 1.807) is 0 Å². The molecule has 0 bridgehead atoms. The highest BCUT2D eigenvalue weighted by atomic mass is 32.2. The van der Waals surface area contributed by atoms with Gasteiger partial charge in [0.05, 0.1) is 0 Å². The zero-order valence-corrected chi connectivity index (χ0v) is 11.5. The van der Waals surface area contributed by atoms with Gasteiger partial charge in [0.1, 0.15) is 0 Å². The summed E-state index contributed by atoms with van der Waals surface area (Å²) in [5.41, 5.74) is 1.67. The first-order chi connectivity index (χ1) is 6.81. The van der Waals surface area contributed by atoms with Crippen molar-refractivity contribution in [2.75, 3.05) is 5.75 Å². The smallest absolute Gasteiger partial charge is 0.167 e. The molecule has 1 aromatic rings. The monoisotopic (exact) mass is 226 g/mol. The van der Waals surface area contributed by atoms with Crippen LogP contribution in [0.1, 0.15) is 46.2 Å². The molecule has 0 aliphatic rings. The van der Waals surface area contributed by atoms with E-state index in [1.807, 2.05) is 18.0 Å². The molecule has 86 valence electrons. The summed E-state index contributed by atoms with van der Waals surface area (Å²) < 4.78 is 2.21. The number of nitrogens with zero attached hydrogens (tertiary/aromatic N) is 2. The van der Waals surface area contributed by atoms with Crippen LogP contribution in [0.25, 0.3) is 0 Å². The van der Waals surface area contributed by atoms with Gasteiger partial charge in [-0.25, -0.2) is 4.98 Å². The van der Waals surface area contributed by atoms with Crippen LogP contribution < -0.4 is 0 Å². The van der Waals surface area contributed by atoms with Gasteiger partial charge < -0.3 is 4.57 Å². The van der Waals surface area contributed by atoms with Crippen LogP contribution >= 0.6 is 11.8 Å². The van der Waals surface area contributed by atoms with Gasteiger partial charge in [-0.1, -0.05) is 46.4 Å². The number of hydrogen-bond donors (Lipinski definition) is 0. The molecule has 0 spiro atoms. The maximum Gasteiger partial charge on any atom is 0.167 e. The first kappa shape index (κ1) is 12.6. The van der Waals surface area contributed by atoms with Crippen molar-refractivity contribution in [3.63, 3.8) is 0 Å². The van der Waals surface area contributed by atoms with E-state index in [-0.39, 0.29) is 0 Å². The summed E-state index contributed by atoms with van der Waals surface area (Å²) in [6, 6.07) is 0. The molecule has 15 heavy (non-hydrogen) atoms. The molecule has 1 aromatic heterocycles. The highest BCUT2D eigenvalue weighted by molar-refractivity contribution is 7.99. The molecule has 1 heterocycles. The molecule has 0 fully saturated rings. The van der Waals surface area contributed by atoms with Crippen molar-refractivity contribution in [3.05, 3.63) is 11.9 Å². The van der Waals surface area contributed by atoms with Crippen molar-refractivity contribution < 1.29 is 0 Å². The van der Waals surface area contributed by atoms with Crippen LogP contribution in [0, 0.1) is 5.41 Å². The Labute approximate surface area is 97.5 Å². The van der Waals surface area contributed by atoms with Crippen LogP contribution in [-0.2, 0) is 7.05 Å². The average molecular weight is 226 g/mol. The van der Waals surface area contributed by atoms with E-state index in [9.17, 15) is 0 Å². The maximum absolute atomic E-state index is 4.47. The van der Waals surface area contributed by atoms with Gasteiger partial charge in [-0.3, -0.25) is 0 Å². The second-order valence-corrected chi connectivity index (χ2v) is 6.47. The standard InChI is InChI=1S/C12H22N2S/c1-9(2)10-7-13-11(14(10)6)15-8-12(3,4)5/h7,9H,8H2,1-6H3. The van der Waals surface area contributed by atoms with E-state index in [4.69, 9.17) is 0 Å². The molecular weight excluding hydrogens is 204 g/mol. The van der Waals surface area contributed by atoms with Crippen LogP contribution in [0.3, 0.4) is 0 Å². The van der Waals surface area contributed by atoms with Gasteiger partial charge in [0.25, 0.3) is 0 Å². The summed E-state index contributed by atoms with van der Waals surface area (Å²) in [7, 11) is 2.10. The zero-order chi connectivity index (χ0) is 11.6. The highest BCUT2D eigenvalue weighted by Crippen LogP contribution is 2.27. The van der Waals surface area contributed by atoms with E-state index in [1.165, 1.54) is 5.69 Å². The summed E-state index contributed by atoms with van der Waals surface area (Å²) in [6.07, 6.45) is 2.00. The highest BCUT2D eigenvalue weighted by Gasteiger charge is 2.14. The minimum Gasteiger partial charge on any atom is -0.326 e. The summed E-state index contributed by atoms with van der Waals surface area (Å²) in [5.74, 6) is 1.65. The molecule has 0 saturated carbocycles. The molecule has 2 nitrogen and oxygen atoms in total. The fourth-order valence-electron chi connectivity index (χ4n) is 1.36. The SMILES string of the molecule is CC(C)c1cnc(SCC(C)(C)C)n1C. The van der Waals surface area contributed by atoms with Gasteiger partial charge in [0.15, 0.2) is 5.16 Å². The third-order valence-corrected chi connectivity index (χ3v) is 3.86. The van der Waals surface area contributed by atoms with Crippen LogP contribution in [0.5, 0.6) is 0 Å². The summed E-state index contributed by atoms with van der Waals surface area (Å²) >= 11 is 1.84. The molecule has 0 atom stereocenters. The van der Waals surface area contributed by atoms with E-state index in [0.717, 1.165) is 10.9 Å². The lowest BCUT2D eigenvalue weighted by atomic mass is 10.0. The number of aromatic nitrogens is 2. The topological polar surface area (TPSA) is 17.8 Å². The first-order valence-corrected chi connectivity index (χ1v) is 6.44. The predicted octanol–water partition coefficient (Wildman–Crippen LogP) is 3.68. The van der Waals surface area contributed by atoms with Gasteiger partial charge >= 0.3 is 0 Å². The van der Waals surface area contributed by atoms with Gasteiger partial charge in [-0.2, -0.15) is 0 Å². The van der Waals surface area contributed by atoms with Crippen molar-refractivity contribution in [1.29, 1.82) is 0 Å². The molecular formula is C12H22N2S. The second-order valence-electron chi connectivity index (χ2n) is 5.53. The Morgan fingerprint density at radius 1 is 1.40 bits per heavy atom. The van der Waals surface area contributed by atoms with Crippen LogP contribution in [-0.4, -0.2) is 15.3 Å². The Balaban J connectivity index is 2.71. The molecule has 0 unspecified atom stereocenters. The van der Waals surface area contributed by atoms with E-state index >= 15 is 0 Å². The van der Waals surface area contributed by atoms with Crippen LogP contribution in [0.4, 0.5) is 0 Å². The molecule has 0 amide bonds. The van der Waals surface area contributed by atoms with Crippen LogP contribution in [0.2, 0.25) is 0 Å². The lowest BCUT2D eigenvalue weighted by Crippen LogP contribution is -2.09. The predicted molar refractivity (Wildman–Crippen MR) is 67.5 cm³/mol. The minimum absolute atomic E-state index is 0.356. The summed E-state index contributed by atoms with van der Waals surface area (Å²) in [5, 5.41) is 1.13. The largest absolute Gasteiger partial charge is 0.326 e. The quantitative estimate of drug-likeness (QED) is 0.732. The molecule has 0 saturated heterocycles. The lowest BCUT2D eigenvalue weighted by molar-refractivity contribution is 0.480. The van der Waals surface area contributed by atoms with Crippen molar-refractivity contribution in [3.8, 4) is 0 Å². The fraction of sp³-hybridized carbons (Fsp3) is 0.750. The van der Waals surface area contributed by atoms with E-state index in [0.29, 0.717) is 11.3 Å². The van der Waals surface area contributed by atoms with Crippen molar-refractivity contribution in [2.24, 2.45) is 12.5 Å². The molecule has 0 aliphatic heterocycles. The lowest BCUT2D eigenvalue weighted by Gasteiger charge is -2.17. The Morgan fingerprint density at radius 3 is 2.40 bits per heavy atom. The first-order valence-electron chi connectivity index (χ1n) is 5.45. The molecule has 0 radical (unpaired) electrons. The Morgan fingerprint density at radius 2 is 2.00 bits per heavy atom. The number of imidazole rings is 1. The Hall–Kier alpha value is -0.440. The second kappa shape index (κ2) is 4.60. The number of thioether (sulfide) groups is 1. The van der Waals surface area contributed by atoms with Gasteiger partial charge in [-0.15, -0.1) is 0 Å². The third-order valence-electron chi connectivity index (χ3n) is 2.21. The van der Waals surface area contributed by atoms with Gasteiger partial charge in [0, 0.05) is 24.7 Å². The van der Waals surface area contributed by atoms with Crippen molar-refractivity contribution >= 4 is 11.8 Å². The zero-order valence-electron chi connectivity index (χ0n) is 10.7. The minimum atomic E-state index is 0.356. The fourth-order valence-corrected chi connectivity index (χ4v) is 2.34. The summed E-state index contributed by atoms with van der Waals surface area (Å²) in [4.78, 5) is 4.47. The Kier molecular flexibility index (Phi) is 3.87. The number of hydrogen-bond acceptors (Lipinski definition) is 2. The molecule has 1 rings (SSSR count). The van der Waals surface area contributed by atoms with E-state index in [2.05, 4.69) is 51.2 Å². The average Bonchev–Trinajstić information content (AvgIpc) is 2.42. The van der Waals surface area contributed by atoms with Gasteiger partial charge in [-0.05, 0) is 11.3 Å². The van der Waals surface area contributed by atoms with Crippen molar-refractivity contribution in [2.45, 2.75) is 45.7 Å². The molecule has 3 heteroatoms. The van der Waals surface area contributed by atoms with E-state index < -0.39 is 0 Å². The molecule has 0 N–H and O–H groups in total. The third kappa shape index (κ3) is 3.56. The molecule has 0 aromatic carbocycles. The maximum atomic E-state index is 4.47. The van der Waals surface area contributed by atoms with Crippen molar-refractivity contribution in [1.82, 2.24) is 9.55 Å². The summed E-state index contributed by atoms with van der Waals surface area (Å²) in [6.45, 7) is 11.2. The Bertz CT molecular complexity index is 321. The molecule has 0 aliphatic carbocycles. The normalized spacial score (nSPS) is 12.5. The number of rotatable bonds is 3. The van der Waals surface area contributed by atoms with Crippen LogP contribution in [0.15, 0.2) is 11.4 Å². The van der Waals surface area contributed by atoms with Gasteiger partial charge in [0.2, 0.25) is 0 Å².